The molecule has 3 aromatic carbocycles. The molecule has 3 aromatic rings. The minimum atomic E-state index is 0.0655. The molecule has 0 N–H and O–H groups in total. The third kappa shape index (κ3) is 5.46. The molecule has 0 aliphatic heterocycles. The SMILES string of the molecule is C=CCN(Cc1ccc(C#N)cc1)C(=O)CCCOc1cccc2ccccc12. The molecule has 0 heterocycles. The lowest BCUT2D eigenvalue weighted by Crippen LogP contribution is -2.30. The molecule has 29 heavy (non-hydrogen) atoms. The maximum Gasteiger partial charge on any atom is 0.223 e. The predicted octanol–water partition coefficient (Wildman–Crippen LogP) is 5.09. The molecule has 0 spiro atoms. The first kappa shape index (κ1) is 20.2. The quantitative estimate of drug-likeness (QED) is 0.382. The van der Waals surface area contributed by atoms with Crippen molar-refractivity contribution in [2.75, 3.05) is 13.2 Å². The van der Waals surface area contributed by atoms with Crippen LogP contribution in [0.2, 0.25) is 0 Å². The van der Waals surface area contributed by atoms with Crippen LogP contribution in [0.3, 0.4) is 0 Å². The fraction of sp³-hybridized carbons (Fsp3) is 0.200. The Kier molecular flexibility index (Phi) is 7.02. The van der Waals surface area contributed by atoms with E-state index in [2.05, 4.69) is 24.8 Å². The fourth-order valence-electron chi connectivity index (χ4n) is 3.20. The van der Waals surface area contributed by atoms with Crippen LogP contribution in [0.15, 0.2) is 79.4 Å². The van der Waals surface area contributed by atoms with Gasteiger partial charge in [0.2, 0.25) is 5.91 Å². The highest BCUT2D eigenvalue weighted by atomic mass is 16.5. The van der Waals surface area contributed by atoms with E-state index in [9.17, 15) is 4.79 Å². The van der Waals surface area contributed by atoms with E-state index in [-0.39, 0.29) is 5.91 Å². The first-order chi connectivity index (χ1) is 14.2. The number of nitriles is 1. The largest absolute Gasteiger partial charge is 0.493 e. The molecule has 4 heteroatoms. The average Bonchev–Trinajstić information content (AvgIpc) is 2.77. The minimum absolute atomic E-state index is 0.0655. The van der Waals surface area contributed by atoms with E-state index in [1.807, 2.05) is 42.5 Å². The Morgan fingerprint density at radius 2 is 1.83 bits per heavy atom. The summed E-state index contributed by atoms with van der Waals surface area (Å²) in [6, 6.07) is 23.5. The summed E-state index contributed by atoms with van der Waals surface area (Å²) in [6.45, 7) is 5.23. The van der Waals surface area contributed by atoms with E-state index >= 15 is 0 Å². The minimum Gasteiger partial charge on any atom is -0.493 e. The summed E-state index contributed by atoms with van der Waals surface area (Å²) in [6.07, 6.45) is 2.78. The van der Waals surface area contributed by atoms with E-state index in [1.165, 1.54) is 0 Å². The predicted molar refractivity (Wildman–Crippen MR) is 115 cm³/mol. The van der Waals surface area contributed by atoms with Crippen molar-refractivity contribution in [1.29, 1.82) is 5.26 Å². The molecule has 1 amide bonds. The summed E-state index contributed by atoms with van der Waals surface area (Å²) in [5.41, 5.74) is 1.60. The maximum atomic E-state index is 12.7. The summed E-state index contributed by atoms with van der Waals surface area (Å²) < 4.78 is 5.93. The van der Waals surface area contributed by atoms with Crippen molar-refractivity contribution in [3.63, 3.8) is 0 Å². The number of hydrogen-bond donors (Lipinski definition) is 0. The van der Waals surface area contributed by atoms with Gasteiger partial charge in [-0.1, -0.05) is 54.6 Å². The molecule has 3 rings (SSSR count). The van der Waals surface area contributed by atoms with E-state index < -0.39 is 0 Å². The molecular weight excluding hydrogens is 360 g/mol. The highest BCUT2D eigenvalue weighted by Gasteiger charge is 2.13. The number of ether oxygens (including phenoxy) is 1. The maximum absolute atomic E-state index is 12.7. The van der Waals surface area contributed by atoms with E-state index in [0.717, 1.165) is 22.1 Å². The number of carbonyl (C=O) groups is 1. The monoisotopic (exact) mass is 384 g/mol. The van der Waals surface area contributed by atoms with Crippen molar-refractivity contribution in [2.24, 2.45) is 0 Å². The van der Waals surface area contributed by atoms with Gasteiger partial charge in [0.05, 0.1) is 18.2 Å². The number of hydrogen-bond acceptors (Lipinski definition) is 3. The van der Waals surface area contributed by atoms with Crippen molar-refractivity contribution in [1.82, 2.24) is 4.90 Å². The fourth-order valence-corrected chi connectivity index (χ4v) is 3.20. The number of benzene rings is 3. The van der Waals surface area contributed by atoms with Gasteiger partial charge in [-0.15, -0.1) is 6.58 Å². The van der Waals surface area contributed by atoms with Crippen LogP contribution in [0, 0.1) is 11.3 Å². The Balaban J connectivity index is 1.53. The zero-order chi connectivity index (χ0) is 20.5. The molecule has 0 atom stereocenters. The lowest BCUT2D eigenvalue weighted by molar-refractivity contribution is -0.131. The van der Waals surface area contributed by atoms with Gasteiger partial charge < -0.3 is 9.64 Å². The van der Waals surface area contributed by atoms with Gasteiger partial charge in [-0.25, -0.2) is 0 Å². The summed E-state index contributed by atoms with van der Waals surface area (Å²) >= 11 is 0. The molecule has 0 aliphatic carbocycles. The van der Waals surface area contributed by atoms with Gasteiger partial charge in [-0.2, -0.15) is 5.26 Å². The second-order valence-electron chi connectivity index (χ2n) is 6.80. The molecule has 0 radical (unpaired) electrons. The zero-order valence-electron chi connectivity index (χ0n) is 16.4. The number of nitrogens with zero attached hydrogens (tertiary/aromatic N) is 2. The summed E-state index contributed by atoms with van der Waals surface area (Å²) in [5, 5.41) is 11.1. The summed E-state index contributed by atoms with van der Waals surface area (Å²) in [7, 11) is 0. The third-order valence-electron chi connectivity index (χ3n) is 4.70. The van der Waals surface area contributed by atoms with Crippen molar-refractivity contribution in [2.45, 2.75) is 19.4 Å². The standard InChI is InChI=1S/C25H24N2O2/c1-2-16-27(19-21-14-12-20(18-26)13-15-21)25(28)11-6-17-29-24-10-5-8-22-7-3-4-9-23(22)24/h2-5,7-10,12-15H,1,6,11,16-17,19H2. The van der Waals surface area contributed by atoms with E-state index in [4.69, 9.17) is 10.00 Å². The molecule has 0 bridgehead atoms. The van der Waals surface area contributed by atoms with Crippen LogP contribution in [0.25, 0.3) is 10.8 Å². The second-order valence-corrected chi connectivity index (χ2v) is 6.80. The summed E-state index contributed by atoms with van der Waals surface area (Å²) in [4.78, 5) is 14.4. The Hall–Kier alpha value is -3.58. The zero-order valence-corrected chi connectivity index (χ0v) is 16.4. The third-order valence-corrected chi connectivity index (χ3v) is 4.70. The molecule has 0 aromatic heterocycles. The van der Waals surface area contributed by atoms with E-state index in [0.29, 0.717) is 38.1 Å². The van der Waals surface area contributed by atoms with Gasteiger partial charge in [0.1, 0.15) is 5.75 Å². The Bertz CT molecular complexity index is 1010. The van der Waals surface area contributed by atoms with Crippen LogP contribution in [-0.2, 0) is 11.3 Å². The van der Waals surface area contributed by atoms with Gasteiger partial charge >= 0.3 is 0 Å². The van der Waals surface area contributed by atoms with Crippen LogP contribution < -0.4 is 4.74 Å². The molecule has 0 aliphatic rings. The molecular formula is C25H24N2O2. The number of rotatable bonds is 9. The number of fused-ring (bicyclic) bond motifs is 1. The van der Waals surface area contributed by atoms with Crippen LogP contribution in [-0.4, -0.2) is 24.0 Å². The van der Waals surface area contributed by atoms with Crippen molar-refractivity contribution in [3.05, 3.63) is 90.5 Å². The van der Waals surface area contributed by atoms with Crippen LogP contribution in [0.5, 0.6) is 5.75 Å². The second kappa shape index (κ2) is 10.1. The Morgan fingerprint density at radius 1 is 1.07 bits per heavy atom. The van der Waals surface area contributed by atoms with E-state index in [1.54, 1.807) is 23.1 Å². The number of amides is 1. The van der Waals surface area contributed by atoms with Gasteiger partial charge in [0.15, 0.2) is 0 Å². The van der Waals surface area contributed by atoms with Crippen LogP contribution in [0.4, 0.5) is 0 Å². The first-order valence-corrected chi connectivity index (χ1v) is 9.69. The summed E-state index contributed by atoms with van der Waals surface area (Å²) in [5.74, 6) is 0.909. The Morgan fingerprint density at radius 3 is 2.59 bits per heavy atom. The molecule has 0 saturated carbocycles. The molecule has 0 fully saturated rings. The smallest absolute Gasteiger partial charge is 0.223 e. The molecule has 0 saturated heterocycles. The van der Waals surface area contributed by atoms with Crippen LogP contribution in [0.1, 0.15) is 24.0 Å². The van der Waals surface area contributed by atoms with Gasteiger partial charge in [-0.3, -0.25) is 4.79 Å². The normalized spacial score (nSPS) is 10.3. The number of carbonyl (C=O) groups excluding carboxylic acids is 1. The highest BCUT2D eigenvalue weighted by molar-refractivity contribution is 5.88. The van der Waals surface area contributed by atoms with Crippen molar-refractivity contribution >= 4 is 16.7 Å². The van der Waals surface area contributed by atoms with Gasteiger partial charge in [-0.05, 0) is 35.6 Å². The molecule has 0 unspecified atom stereocenters. The average molecular weight is 384 g/mol. The topological polar surface area (TPSA) is 53.3 Å². The van der Waals surface area contributed by atoms with Crippen molar-refractivity contribution in [3.8, 4) is 11.8 Å². The highest BCUT2D eigenvalue weighted by Crippen LogP contribution is 2.25. The lowest BCUT2D eigenvalue weighted by atomic mass is 10.1. The lowest BCUT2D eigenvalue weighted by Gasteiger charge is -2.21. The Labute approximate surface area is 171 Å². The molecule has 4 nitrogen and oxygen atoms in total. The van der Waals surface area contributed by atoms with Crippen molar-refractivity contribution < 1.29 is 9.53 Å². The van der Waals surface area contributed by atoms with Gasteiger partial charge in [0, 0.05) is 24.9 Å². The van der Waals surface area contributed by atoms with Crippen LogP contribution >= 0.6 is 0 Å². The molecule has 146 valence electrons. The first-order valence-electron chi connectivity index (χ1n) is 9.69. The van der Waals surface area contributed by atoms with Gasteiger partial charge in [0.25, 0.3) is 0 Å².